The summed E-state index contributed by atoms with van der Waals surface area (Å²) >= 11 is 0. The molecule has 4 nitrogen and oxygen atoms in total. The molecule has 1 aromatic carbocycles. The standard InChI is InChI=1S/C15H18N4/c1-2-18-15(10-16)8-7-12(9-15)19-11-17-13-5-3-4-6-14(13)19/h3-6,11-12,18H,2,7-9H2,1H3. The fourth-order valence-electron chi connectivity index (χ4n) is 3.17. The minimum absolute atomic E-state index is 0.356. The minimum Gasteiger partial charge on any atom is -0.327 e. The maximum Gasteiger partial charge on any atom is 0.108 e. The van der Waals surface area contributed by atoms with Gasteiger partial charge in [0.1, 0.15) is 5.54 Å². The highest BCUT2D eigenvalue weighted by Crippen LogP contribution is 2.38. The molecule has 2 atom stereocenters. The number of rotatable bonds is 3. The zero-order valence-corrected chi connectivity index (χ0v) is 11.1. The van der Waals surface area contributed by atoms with Crippen LogP contribution in [0.2, 0.25) is 0 Å². The summed E-state index contributed by atoms with van der Waals surface area (Å²) in [5.41, 5.74) is 1.84. The van der Waals surface area contributed by atoms with Gasteiger partial charge in [-0.15, -0.1) is 0 Å². The number of nitriles is 1. The Hall–Kier alpha value is -1.86. The van der Waals surface area contributed by atoms with Crippen molar-refractivity contribution < 1.29 is 0 Å². The average molecular weight is 254 g/mol. The Labute approximate surface area is 113 Å². The number of benzene rings is 1. The van der Waals surface area contributed by atoms with Crippen molar-refractivity contribution in [3.63, 3.8) is 0 Å². The van der Waals surface area contributed by atoms with Gasteiger partial charge in [0.2, 0.25) is 0 Å². The second-order valence-corrected chi connectivity index (χ2v) is 5.26. The van der Waals surface area contributed by atoms with Crippen LogP contribution < -0.4 is 5.32 Å². The topological polar surface area (TPSA) is 53.6 Å². The Kier molecular flexibility index (Phi) is 3.00. The molecule has 2 unspecified atom stereocenters. The van der Waals surface area contributed by atoms with Gasteiger partial charge in [0, 0.05) is 6.04 Å². The molecular formula is C15H18N4. The van der Waals surface area contributed by atoms with Crippen LogP contribution in [0.25, 0.3) is 11.0 Å². The number of fused-ring (bicyclic) bond motifs is 1. The van der Waals surface area contributed by atoms with Crippen LogP contribution in [0.1, 0.15) is 32.2 Å². The number of hydrogen-bond donors (Lipinski definition) is 1. The molecule has 1 aromatic heterocycles. The third-order valence-corrected chi connectivity index (χ3v) is 4.09. The summed E-state index contributed by atoms with van der Waals surface area (Å²) in [6, 6.07) is 11.0. The number of nitrogens with zero attached hydrogens (tertiary/aromatic N) is 3. The summed E-state index contributed by atoms with van der Waals surface area (Å²) in [6.45, 7) is 2.89. The van der Waals surface area contributed by atoms with Crippen LogP contribution in [0.4, 0.5) is 0 Å². The normalized spacial score (nSPS) is 26.6. The van der Waals surface area contributed by atoms with Crippen molar-refractivity contribution in [1.29, 1.82) is 5.26 Å². The number of para-hydroxylation sites is 2. The van der Waals surface area contributed by atoms with E-state index >= 15 is 0 Å². The Bertz CT molecular complexity index is 624. The van der Waals surface area contributed by atoms with E-state index in [4.69, 9.17) is 0 Å². The fourth-order valence-corrected chi connectivity index (χ4v) is 3.17. The van der Waals surface area contributed by atoms with E-state index in [9.17, 15) is 5.26 Å². The van der Waals surface area contributed by atoms with E-state index < -0.39 is 0 Å². The first-order valence-corrected chi connectivity index (χ1v) is 6.86. The molecule has 4 heteroatoms. The van der Waals surface area contributed by atoms with Gasteiger partial charge in [-0.25, -0.2) is 4.98 Å². The molecule has 0 spiro atoms. The Morgan fingerprint density at radius 3 is 3.16 bits per heavy atom. The predicted molar refractivity (Wildman–Crippen MR) is 74.6 cm³/mol. The molecule has 1 N–H and O–H groups in total. The van der Waals surface area contributed by atoms with Crippen LogP contribution in [-0.2, 0) is 0 Å². The second-order valence-electron chi connectivity index (χ2n) is 5.26. The second kappa shape index (κ2) is 4.67. The molecule has 0 amide bonds. The van der Waals surface area contributed by atoms with Gasteiger partial charge in [-0.05, 0) is 37.9 Å². The van der Waals surface area contributed by atoms with Gasteiger partial charge in [0.05, 0.1) is 23.4 Å². The van der Waals surface area contributed by atoms with Crippen LogP contribution in [0, 0.1) is 11.3 Å². The number of imidazole rings is 1. The monoisotopic (exact) mass is 254 g/mol. The maximum atomic E-state index is 9.44. The highest BCUT2D eigenvalue weighted by molar-refractivity contribution is 5.75. The van der Waals surface area contributed by atoms with Crippen molar-refractivity contribution in [1.82, 2.24) is 14.9 Å². The summed E-state index contributed by atoms with van der Waals surface area (Å²) < 4.78 is 2.23. The molecule has 1 heterocycles. The first-order chi connectivity index (χ1) is 9.28. The van der Waals surface area contributed by atoms with Gasteiger partial charge in [-0.1, -0.05) is 19.1 Å². The lowest BCUT2D eigenvalue weighted by Gasteiger charge is -2.22. The number of nitrogens with one attached hydrogen (secondary N) is 1. The summed E-state index contributed by atoms with van der Waals surface area (Å²) in [5, 5.41) is 12.8. The molecule has 19 heavy (non-hydrogen) atoms. The van der Waals surface area contributed by atoms with Crippen molar-refractivity contribution in [3.05, 3.63) is 30.6 Å². The SMILES string of the molecule is CCNC1(C#N)CCC(n2cnc3ccccc32)C1. The van der Waals surface area contributed by atoms with Crippen LogP contribution in [0.15, 0.2) is 30.6 Å². The summed E-state index contributed by atoms with van der Waals surface area (Å²) in [7, 11) is 0. The van der Waals surface area contributed by atoms with E-state index in [1.165, 1.54) is 0 Å². The highest BCUT2D eigenvalue weighted by atomic mass is 15.1. The highest BCUT2D eigenvalue weighted by Gasteiger charge is 2.39. The molecule has 0 aliphatic heterocycles. The van der Waals surface area contributed by atoms with Crippen molar-refractivity contribution in [2.45, 2.75) is 37.8 Å². The van der Waals surface area contributed by atoms with E-state index in [0.717, 1.165) is 36.8 Å². The van der Waals surface area contributed by atoms with Gasteiger partial charge in [0.25, 0.3) is 0 Å². The van der Waals surface area contributed by atoms with E-state index in [1.54, 1.807) is 0 Å². The predicted octanol–water partition coefficient (Wildman–Crippen LogP) is 2.63. The molecule has 3 rings (SSSR count). The molecule has 1 fully saturated rings. The minimum atomic E-state index is -0.356. The van der Waals surface area contributed by atoms with Gasteiger partial charge in [0.15, 0.2) is 0 Å². The first kappa shape index (κ1) is 12.2. The van der Waals surface area contributed by atoms with Crippen molar-refractivity contribution in [2.75, 3.05) is 6.54 Å². The van der Waals surface area contributed by atoms with Gasteiger partial charge in [-0.3, -0.25) is 5.32 Å². The van der Waals surface area contributed by atoms with Crippen LogP contribution >= 0.6 is 0 Å². The molecule has 0 saturated heterocycles. The van der Waals surface area contributed by atoms with Gasteiger partial charge in [-0.2, -0.15) is 5.26 Å². The zero-order valence-electron chi connectivity index (χ0n) is 11.1. The molecule has 2 aromatic rings. The molecule has 1 aliphatic rings. The molecule has 1 saturated carbocycles. The van der Waals surface area contributed by atoms with E-state index in [-0.39, 0.29) is 5.54 Å². The molecule has 0 radical (unpaired) electrons. The number of hydrogen-bond acceptors (Lipinski definition) is 3. The van der Waals surface area contributed by atoms with Crippen molar-refractivity contribution >= 4 is 11.0 Å². The molecular weight excluding hydrogens is 236 g/mol. The zero-order chi connectivity index (χ0) is 13.3. The lowest BCUT2D eigenvalue weighted by atomic mass is 9.99. The number of aromatic nitrogens is 2. The molecule has 98 valence electrons. The summed E-state index contributed by atoms with van der Waals surface area (Å²) in [4.78, 5) is 4.44. The quantitative estimate of drug-likeness (QED) is 0.916. The lowest BCUT2D eigenvalue weighted by molar-refractivity contribution is 0.411. The van der Waals surface area contributed by atoms with Crippen LogP contribution in [0.5, 0.6) is 0 Å². The average Bonchev–Trinajstić information content (AvgIpc) is 3.03. The molecule has 0 bridgehead atoms. The third kappa shape index (κ3) is 2.00. The van der Waals surface area contributed by atoms with Gasteiger partial charge < -0.3 is 4.57 Å². The van der Waals surface area contributed by atoms with E-state index in [1.807, 2.05) is 24.5 Å². The largest absolute Gasteiger partial charge is 0.327 e. The van der Waals surface area contributed by atoms with E-state index in [0.29, 0.717) is 6.04 Å². The van der Waals surface area contributed by atoms with Crippen LogP contribution in [-0.4, -0.2) is 21.6 Å². The summed E-state index contributed by atoms with van der Waals surface area (Å²) in [5.74, 6) is 0. The third-order valence-electron chi connectivity index (χ3n) is 4.09. The first-order valence-electron chi connectivity index (χ1n) is 6.86. The Morgan fingerprint density at radius 2 is 2.37 bits per heavy atom. The lowest BCUT2D eigenvalue weighted by Crippen LogP contribution is -2.41. The van der Waals surface area contributed by atoms with Gasteiger partial charge >= 0.3 is 0 Å². The van der Waals surface area contributed by atoms with Crippen molar-refractivity contribution in [2.24, 2.45) is 0 Å². The van der Waals surface area contributed by atoms with Crippen molar-refractivity contribution in [3.8, 4) is 6.07 Å². The summed E-state index contributed by atoms with van der Waals surface area (Å²) in [6.07, 6.45) is 4.71. The van der Waals surface area contributed by atoms with E-state index in [2.05, 4.69) is 33.9 Å². The molecule has 1 aliphatic carbocycles. The van der Waals surface area contributed by atoms with Crippen LogP contribution in [0.3, 0.4) is 0 Å². The fraction of sp³-hybridized carbons (Fsp3) is 0.467. The maximum absolute atomic E-state index is 9.44. The Morgan fingerprint density at radius 1 is 1.53 bits per heavy atom. The smallest absolute Gasteiger partial charge is 0.108 e. The Balaban J connectivity index is 1.91.